The second kappa shape index (κ2) is 18.5. The fourth-order valence-electron chi connectivity index (χ4n) is 9.53. The van der Waals surface area contributed by atoms with Crippen molar-refractivity contribution in [3.05, 3.63) is 314 Å². The molecule has 2 atom stereocenters. The summed E-state index contributed by atoms with van der Waals surface area (Å²) in [5.74, 6) is -0.331. The van der Waals surface area contributed by atoms with Crippen molar-refractivity contribution in [1.82, 2.24) is 4.90 Å². The number of nitrogens with zero attached hydrogens (tertiary/aromatic N) is 1. The van der Waals surface area contributed by atoms with Gasteiger partial charge in [0.05, 0.1) is 10.9 Å². The zero-order valence-electron chi connectivity index (χ0n) is 39.7. The van der Waals surface area contributed by atoms with Crippen LogP contribution in [0.1, 0.15) is 44.8 Å². The van der Waals surface area contributed by atoms with E-state index in [9.17, 15) is 2.74 Å². The predicted octanol–water partition coefficient (Wildman–Crippen LogP) is 16.3. The van der Waals surface area contributed by atoms with Gasteiger partial charge in [0, 0.05) is 29.4 Å². The number of fused-ring (bicyclic) bond motifs is 4. The van der Waals surface area contributed by atoms with Crippen LogP contribution >= 0.6 is 0 Å². The SMILES string of the molecule is [2H]C=C(/C([2H])=C(/[2H])C(=C[2H])N(/C=C/C1C(C=C)c2ccccc2C1(c1ccccc1)c1ccccc1)/C(C=C)=C/C=C/c1cc2ccccc2c2ccccc12)c1ccc(-c2ccccc2)cc1. The summed E-state index contributed by atoms with van der Waals surface area (Å²) in [4.78, 5) is 1.78. The molecule has 8 aromatic rings. The summed E-state index contributed by atoms with van der Waals surface area (Å²) >= 11 is 0. The highest BCUT2D eigenvalue weighted by Gasteiger charge is 2.52. The van der Waals surface area contributed by atoms with E-state index in [2.05, 4.69) is 153 Å². The quantitative estimate of drug-likeness (QED) is 0.0600. The predicted molar refractivity (Wildman–Crippen MR) is 275 cm³/mol. The highest BCUT2D eigenvalue weighted by atomic mass is 15.1. The van der Waals surface area contributed by atoms with Crippen molar-refractivity contribution in [3.63, 3.8) is 0 Å². The largest absolute Gasteiger partial charge is 0.318 e. The van der Waals surface area contributed by atoms with Gasteiger partial charge in [-0.05, 0) is 95.9 Å². The lowest BCUT2D eigenvalue weighted by atomic mass is 9.64. The molecular weight excluding hydrogens is 771 g/mol. The summed E-state index contributed by atoms with van der Waals surface area (Å²) in [5.41, 5.74) is 8.67. The third kappa shape index (κ3) is 7.85. The van der Waals surface area contributed by atoms with Crippen LogP contribution in [0.5, 0.6) is 0 Å². The molecule has 0 saturated heterocycles. The number of benzene rings is 8. The second-order valence-electron chi connectivity index (χ2n) is 16.0. The highest BCUT2D eigenvalue weighted by molar-refractivity contribution is 6.10. The van der Waals surface area contributed by atoms with Crippen molar-refractivity contribution in [2.75, 3.05) is 0 Å². The van der Waals surface area contributed by atoms with Gasteiger partial charge in [-0.3, -0.25) is 0 Å². The lowest BCUT2D eigenvalue weighted by Gasteiger charge is -2.38. The normalized spacial score (nSPS) is 17.7. The molecule has 1 heteroatoms. The Bertz CT molecular complexity index is 3270. The standard InChI is InChI=1S/C63H51N/c1-5-55(31-22-26-52-45-51-25-16-17-32-57(51)59-34-19-18-33-58(52)59)64(47(4)38-37-46(3)48-39-41-50(42-40-48)49-23-10-7-11-24-49)44-43-62-56(6-2)60-35-20-21-36-61(60)63(62,53-27-12-8-13-28-53)54-29-14-9-15-30-54/h5-45,56,62H,1-4H2/b26-22+,38-37-,44-43+,55-31+/i3D,4D,37D,38D/b26-22+,38-37-,44-43+,46-3?,47-4?,55-31+. The van der Waals surface area contributed by atoms with Crippen LogP contribution in [-0.2, 0) is 5.41 Å². The Morgan fingerprint density at radius 2 is 1.22 bits per heavy atom. The maximum absolute atomic E-state index is 9.70. The summed E-state index contributed by atoms with van der Waals surface area (Å²) in [6.07, 6.45) is 13.8. The Kier molecular flexibility index (Phi) is 10.6. The summed E-state index contributed by atoms with van der Waals surface area (Å²) in [6, 6.07) is 66.1. The van der Waals surface area contributed by atoms with Crippen LogP contribution in [0.4, 0.5) is 0 Å². The number of hydrogen-bond acceptors (Lipinski definition) is 1. The zero-order chi connectivity index (χ0) is 47.0. The van der Waals surface area contributed by atoms with Gasteiger partial charge in [-0.1, -0.05) is 238 Å². The summed E-state index contributed by atoms with van der Waals surface area (Å²) in [5, 5.41) is 4.61. The summed E-state index contributed by atoms with van der Waals surface area (Å²) < 4.78 is 36.7. The third-order valence-electron chi connectivity index (χ3n) is 12.5. The Balaban J connectivity index is 1.20. The van der Waals surface area contributed by atoms with E-state index in [-0.39, 0.29) is 35.2 Å². The Morgan fingerprint density at radius 3 is 1.89 bits per heavy atom. The minimum atomic E-state index is -0.645. The minimum absolute atomic E-state index is 0.111. The van der Waals surface area contributed by atoms with Crippen LogP contribution in [0.3, 0.4) is 0 Å². The molecule has 0 spiro atoms. The molecule has 1 aliphatic rings. The highest BCUT2D eigenvalue weighted by Crippen LogP contribution is 2.58. The average Bonchev–Trinajstić information content (AvgIpc) is 3.69. The van der Waals surface area contributed by atoms with Gasteiger partial charge in [-0.25, -0.2) is 0 Å². The van der Waals surface area contributed by atoms with Crippen LogP contribution in [-0.4, -0.2) is 4.90 Å². The van der Waals surface area contributed by atoms with Crippen molar-refractivity contribution < 1.29 is 5.48 Å². The van der Waals surface area contributed by atoms with Gasteiger partial charge in [0.2, 0.25) is 0 Å². The number of hydrogen-bond donors (Lipinski definition) is 0. The van der Waals surface area contributed by atoms with Gasteiger partial charge < -0.3 is 4.90 Å². The molecular formula is C63H51N. The van der Waals surface area contributed by atoms with Gasteiger partial charge in [0.15, 0.2) is 0 Å². The number of rotatable bonds is 14. The molecule has 2 unspecified atom stereocenters. The second-order valence-corrected chi connectivity index (χ2v) is 16.0. The molecule has 0 aromatic heterocycles. The van der Waals surface area contributed by atoms with Crippen LogP contribution < -0.4 is 0 Å². The summed E-state index contributed by atoms with van der Waals surface area (Å²) in [7, 11) is 0. The van der Waals surface area contributed by atoms with Crippen molar-refractivity contribution in [2.45, 2.75) is 11.3 Å². The Labute approximate surface area is 384 Å². The monoisotopic (exact) mass is 825 g/mol. The molecule has 0 saturated carbocycles. The first-order valence-electron chi connectivity index (χ1n) is 23.8. The zero-order valence-corrected chi connectivity index (χ0v) is 35.7. The fraction of sp³-hybridized carbons (Fsp3) is 0.0476. The first-order chi connectivity index (χ1) is 33.4. The molecule has 0 N–H and O–H groups in total. The molecule has 0 aliphatic heterocycles. The van der Waals surface area contributed by atoms with E-state index in [4.69, 9.17) is 2.74 Å². The van der Waals surface area contributed by atoms with Gasteiger partial charge in [0.1, 0.15) is 0 Å². The van der Waals surface area contributed by atoms with E-state index in [1.165, 1.54) is 16.5 Å². The molecule has 0 heterocycles. The van der Waals surface area contributed by atoms with Crippen LogP contribution in [0.25, 0.3) is 44.3 Å². The van der Waals surface area contributed by atoms with E-state index in [0.29, 0.717) is 11.3 Å². The van der Waals surface area contributed by atoms with Crippen LogP contribution in [0.2, 0.25) is 0 Å². The van der Waals surface area contributed by atoms with E-state index in [1.807, 2.05) is 91.2 Å². The molecule has 64 heavy (non-hydrogen) atoms. The topological polar surface area (TPSA) is 3.24 Å². The smallest absolute Gasteiger partial charge is 0.0645 e. The van der Waals surface area contributed by atoms with E-state index >= 15 is 0 Å². The average molecular weight is 826 g/mol. The first-order valence-corrected chi connectivity index (χ1v) is 21.7. The molecule has 8 aromatic carbocycles. The van der Waals surface area contributed by atoms with Crippen molar-refractivity contribution in [2.24, 2.45) is 5.92 Å². The molecule has 0 amide bonds. The molecule has 1 nitrogen and oxygen atoms in total. The van der Waals surface area contributed by atoms with Crippen molar-refractivity contribution in [3.8, 4) is 11.1 Å². The van der Waals surface area contributed by atoms with Gasteiger partial charge in [-0.15, -0.1) is 6.58 Å². The van der Waals surface area contributed by atoms with Gasteiger partial charge in [-0.2, -0.15) is 0 Å². The van der Waals surface area contributed by atoms with Crippen molar-refractivity contribution >= 4 is 33.2 Å². The third-order valence-corrected chi connectivity index (χ3v) is 12.5. The minimum Gasteiger partial charge on any atom is -0.318 e. The molecule has 9 rings (SSSR count). The van der Waals surface area contributed by atoms with E-state index in [1.54, 1.807) is 11.0 Å². The van der Waals surface area contributed by atoms with Crippen LogP contribution in [0, 0.1) is 5.92 Å². The van der Waals surface area contributed by atoms with Crippen LogP contribution in [0.15, 0.2) is 280 Å². The molecule has 308 valence electrons. The lowest BCUT2D eigenvalue weighted by molar-refractivity contribution is 0.453. The molecule has 1 aliphatic carbocycles. The van der Waals surface area contributed by atoms with Crippen molar-refractivity contribution in [1.29, 1.82) is 0 Å². The summed E-state index contributed by atoms with van der Waals surface area (Å²) in [6.45, 7) is 10.9. The van der Waals surface area contributed by atoms with Gasteiger partial charge in [0.25, 0.3) is 0 Å². The lowest BCUT2D eigenvalue weighted by Crippen LogP contribution is -2.35. The van der Waals surface area contributed by atoms with E-state index < -0.39 is 5.41 Å². The maximum atomic E-state index is 9.70. The Hall–Kier alpha value is -8.00. The van der Waals surface area contributed by atoms with Gasteiger partial charge >= 0.3 is 0 Å². The molecule has 0 bridgehead atoms. The van der Waals surface area contributed by atoms with E-state index in [0.717, 1.165) is 57.1 Å². The number of allylic oxidation sites excluding steroid dienone is 8. The first kappa shape index (κ1) is 36.6. The molecule has 0 fully saturated rings. The molecule has 0 radical (unpaired) electrons. The fourth-order valence-corrected chi connectivity index (χ4v) is 9.53. The Morgan fingerprint density at radius 1 is 0.609 bits per heavy atom. The maximum Gasteiger partial charge on any atom is 0.0645 e.